The number of halogens is 5. The number of thiocarbonyl (C=S) groups is 1. The molecule has 6 aromatic carbocycles. The average Bonchev–Trinajstić information content (AvgIpc) is 1.67. The van der Waals surface area contributed by atoms with Crippen LogP contribution in [-0.2, 0) is 46.4 Å². The number of ether oxygens (including phenoxy) is 1. The summed E-state index contributed by atoms with van der Waals surface area (Å²) in [5, 5.41) is 33.5. The molecule has 0 radical (unpaired) electrons. The van der Waals surface area contributed by atoms with Crippen molar-refractivity contribution >= 4 is 152 Å². The van der Waals surface area contributed by atoms with Gasteiger partial charge in [0.05, 0.1) is 23.6 Å². The Labute approximate surface area is 697 Å². The van der Waals surface area contributed by atoms with E-state index >= 15 is 0 Å². The first-order chi connectivity index (χ1) is 45.2. The molecule has 0 saturated heterocycles. The van der Waals surface area contributed by atoms with E-state index in [1.165, 1.54) is 39.6 Å². The van der Waals surface area contributed by atoms with Crippen LogP contribution < -0.4 is 141 Å². The third kappa shape index (κ3) is 40.8. The summed E-state index contributed by atoms with van der Waals surface area (Å²) >= 11 is 35.9. The van der Waals surface area contributed by atoms with Crippen molar-refractivity contribution in [1.29, 1.82) is 0 Å². The zero-order chi connectivity index (χ0) is 72.0. The molecule has 8 rings (SSSR count). The Kier molecular flexibility index (Phi) is 57.5. The number of amides is 2. The van der Waals surface area contributed by atoms with Gasteiger partial charge in [-0.25, -0.2) is 5.84 Å². The van der Waals surface area contributed by atoms with Crippen molar-refractivity contribution in [2.24, 2.45) is 5.84 Å². The van der Waals surface area contributed by atoms with Gasteiger partial charge in [0.25, 0.3) is 6.47 Å². The molecular weight excluding hydrogens is 1450 g/mol. The fraction of sp³-hybridized carbons (Fsp3) is 0.313. The third-order valence-electron chi connectivity index (χ3n) is 12.7. The van der Waals surface area contributed by atoms with E-state index in [0.717, 1.165) is 86.0 Å². The quantitative estimate of drug-likeness (QED) is 0.00431. The number of carbonyl (C=O) groups excluding carboxylic acids is 5. The number of aromatic amines is 1. The molecule has 0 aliphatic heterocycles. The smallest absolute Gasteiger partial charge is 1.00 e. The van der Waals surface area contributed by atoms with Crippen molar-refractivity contribution < 1.29 is 143 Å². The van der Waals surface area contributed by atoms with E-state index in [1.54, 1.807) is 13.8 Å². The third-order valence-corrected chi connectivity index (χ3v) is 14.9. The van der Waals surface area contributed by atoms with Crippen LogP contribution in [-0.4, -0.2) is 93.6 Å². The molecule has 0 fully saturated rings. The minimum absolute atomic E-state index is 0. The molecule has 0 unspecified atom stereocenters. The number of aryl methyl sites for hydroxylation is 8. The second-order valence-corrected chi connectivity index (χ2v) is 23.1. The summed E-state index contributed by atoms with van der Waals surface area (Å²) in [6.07, 6.45) is 2.12. The molecule has 30 heteroatoms. The maximum atomic E-state index is 12.4. The topological polar surface area (TPSA) is 291 Å². The number of hydrazine groups is 1. The van der Waals surface area contributed by atoms with Crippen LogP contribution in [0.3, 0.4) is 0 Å². The summed E-state index contributed by atoms with van der Waals surface area (Å²) in [6.45, 7) is 26.3. The number of carbonyl (C=O) groups is 5. The van der Waals surface area contributed by atoms with Gasteiger partial charge in [0.1, 0.15) is 17.5 Å². The molecule has 8 aromatic rings. The number of nitrogens with zero attached hydrogens (tertiary/aromatic N) is 5. The van der Waals surface area contributed by atoms with Crippen LogP contribution in [0.25, 0.3) is 11.4 Å². The Balaban J connectivity index is -0.000000544. The zero-order valence-electron chi connectivity index (χ0n) is 58.6. The first-order valence-electron chi connectivity index (χ1n) is 29.3. The van der Waals surface area contributed by atoms with Crippen molar-refractivity contribution in [1.82, 2.24) is 35.0 Å². The van der Waals surface area contributed by atoms with Gasteiger partial charge in [-0.3, -0.25) is 38.2 Å². The molecule has 518 valence electrons. The number of nitrogens with two attached hydrogens (primary N) is 2. The number of benzene rings is 6. The van der Waals surface area contributed by atoms with Crippen LogP contribution in [0.15, 0.2) is 133 Å². The molecular formula is C67H87Cl5K2N12O8S3. The van der Waals surface area contributed by atoms with Gasteiger partial charge in [0, 0.05) is 53.4 Å². The van der Waals surface area contributed by atoms with E-state index < -0.39 is 5.24 Å². The summed E-state index contributed by atoms with van der Waals surface area (Å²) in [7, 11) is 0. The molecule has 0 aliphatic carbocycles. The van der Waals surface area contributed by atoms with Crippen LogP contribution in [0, 0.1) is 67.1 Å². The van der Waals surface area contributed by atoms with Crippen molar-refractivity contribution in [3.8, 4) is 11.4 Å². The second-order valence-electron chi connectivity index (χ2n) is 19.6. The van der Waals surface area contributed by atoms with Crippen LogP contribution in [0.2, 0.25) is 0 Å². The van der Waals surface area contributed by atoms with E-state index in [4.69, 9.17) is 104 Å². The van der Waals surface area contributed by atoms with Gasteiger partial charge in [-0.2, -0.15) is 5.10 Å². The largest absolute Gasteiger partial charge is 1.00 e. The van der Waals surface area contributed by atoms with Crippen molar-refractivity contribution in [2.45, 2.75) is 114 Å². The minimum Gasteiger partial charge on any atom is -1.00 e. The SMILES string of the molecule is CCOC(=O)CC.CCc1n[nH]c(=S)n1-c1ccc(C)cc1.CCc1nnc(SCC(=O)Nc2cccc(C)c2C)n1-c1ccc(C)cc1.Cc1ccc(NC(=S)NN)cc1.Cc1cccc(N)c1C.Cc1cccc(NC(=O)CCl)c1C.ClCCl.O=C(Cl)CCl.O=CO[O-].[H-].[K+].[K+]. The molecule has 2 amide bonds. The summed E-state index contributed by atoms with van der Waals surface area (Å²) in [5.74, 6) is 6.78. The molecule has 0 spiro atoms. The predicted molar refractivity (Wildman–Crippen MR) is 397 cm³/mol. The number of thioether (sulfide) groups is 1. The molecule has 0 saturated carbocycles. The van der Waals surface area contributed by atoms with Crippen molar-refractivity contribution in [3.05, 3.63) is 194 Å². The first kappa shape index (κ1) is 97.0. The van der Waals surface area contributed by atoms with E-state index in [-0.39, 0.29) is 151 Å². The summed E-state index contributed by atoms with van der Waals surface area (Å²) in [5.41, 5.74) is 24.2. The van der Waals surface area contributed by atoms with E-state index in [9.17, 15) is 19.2 Å². The standard InChI is InChI=1S/C21H24N4OS.C11H13N3S.C10H12ClNO.C8H11N3S.C8H11N.C5H10O2.C2H2Cl2O.CH2Cl2.CH2O3.2K.H/c1-5-19-23-24-21(25(19)17-11-9-14(2)10-12-17)27-13-20(26)22-18-8-6-7-15(3)16(18)4;1-3-10-12-13-11(15)14(10)9-6-4-8(2)5-7-9;1-7-4-3-5-9(8(7)2)12-10(13)6-11;1-6-2-4-7(5-3-6)10-8(12)11-9;1-6-4-3-5-8(9)7(6)2;1-3-5(6)7-4-2;3-1-2(4)5;2-1-3;2-1-4-3;;;/h6-12H,5,13H2,1-4H3,(H,22,26);4-7H,3H2,1-2H3,(H,13,15);3-5H,6H2,1-2H3,(H,12,13);2-5H,9H2,1H3,(H2,10,11,12);3-5H,9H2,1-2H3;3-4H2,1-2H3;1H2;1H2;1,3H;;;/q;;;;;;;;;2*+1;-1/p-1. The van der Waals surface area contributed by atoms with Crippen molar-refractivity contribution in [2.75, 3.05) is 51.1 Å². The number of hydrogen-bond donors (Lipinski definition) is 7. The molecule has 9 N–H and O–H groups in total. The van der Waals surface area contributed by atoms with Gasteiger partial charge in [-0.05, 0) is 193 Å². The van der Waals surface area contributed by atoms with Gasteiger partial charge < -0.3 is 43.4 Å². The number of anilines is 4. The molecule has 20 nitrogen and oxygen atoms in total. The number of hydrogen-bond acceptors (Lipinski definition) is 16. The number of aromatic nitrogens is 6. The Morgan fingerprint density at radius 2 is 1.06 bits per heavy atom. The van der Waals surface area contributed by atoms with Gasteiger partial charge in [0.2, 0.25) is 17.1 Å². The molecule has 0 bridgehead atoms. The number of esters is 1. The fourth-order valence-corrected chi connectivity index (χ4v) is 8.43. The van der Waals surface area contributed by atoms with E-state index in [1.807, 2.05) is 123 Å². The maximum Gasteiger partial charge on any atom is 1.00 e. The van der Waals surface area contributed by atoms with Gasteiger partial charge in [-0.1, -0.05) is 122 Å². The summed E-state index contributed by atoms with van der Waals surface area (Å²) in [4.78, 5) is 54.3. The Hall–Kier alpha value is -4.15. The second kappa shape index (κ2) is 57.5. The van der Waals surface area contributed by atoms with Crippen molar-refractivity contribution in [3.63, 3.8) is 0 Å². The number of nitrogens with one attached hydrogen (secondary N) is 5. The van der Waals surface area contributed by atoms with Gasteiger partial charge >= 0.3 is 109 Å². The van der Waals surface area contributed by atoms with E-state index in [0.29, 0.717) is 22.9 Å². The number of alkyl halides is 4. The van der Waals surface area contributed by atoms with Gasteiger partial charge in [0.15, 0.2) is 15.0 Å². The average molecular weight is 1540 g/mol. The normalized spacial score (nSPS) is 9.36. The predicted octanol–water partition coefficient (Wildman–Crippen LogP) is 8.73. The Morgan fingerprint density at radius 3 is 1.43 bits per heavy atom. The summed E-state index contributed by atoms with van der Waals surface area (Å²) in [6, 6.07) is 42.0. The maximum absolute atomic E-state index is 12.4. The van der Waals surface area contributed by atoms with Crippen LogP contribution in [0.5, 0.6) is 0 Å². The fourth-order valence-electron chi connectivity index (χ4n) is 7.22. The number of rotatable bonds is 15. The zero-order valence-corrected chi connectivity index (χ0v) is 70.1. The minimum atomic E-state index is -0.508. The Morgan fingerprint density at radius 1 is 0.639 bits per heavy atom. The molecule has 0 atom stereocenters. The molecule has 2 aromatic heterocycles. The molecule has 2 heterocycles. The van der Waals surface area contributed by atoms with Crippen LogP contribution in [0.1, 0.15) is 97.3 Å². The van der Waals surface area contributed by atoms with Crippen LogP contribution >= 0.6 is 94.2 Å². The molecule has 97 heavy (non-hydrogen) atoms. The summed E-state index contributed by atoms with van der Waals surface area (Å²) < 4.78 is 9.19. The molecule has 0 aliphatic rings. The first-order valence-corrected chi connectivity index (χ1v) is 33.6. The Bertz CT molecular complexity index is 3640. The van der Waals surface area contributed by atoms with E-state index in [2.05, 4.69) is 141 Å². The number of nitrogen functional groups attached to an aromatic ring is 1. The monoisotopic (exact) mass is 1540 g/mol. The van der Waals surface area contributed by atoms with Gasteiger partial charge in [-0.15, -0.1) is 56.6 Å². The van der Waals surface area contributed by atoms with Crippen LogP contribution in [0.4, 0.5) is 22.7 Å². The number of H-pyrrole nitrogens is 1.